The molecular weight excluding hydrogens is 416 g/mol. The van der Waals surface area contributed by atoms with Crippen molar-refractivity contribution in [3.63, 3.8) is 0 Å². The first-order valence-electron chi connectivity index (χ1n) is 8.80. The van der Waals surface area contributed by atoms with Crippen LogP contribution in [-0.4, -0.2) is 53.8 Å². The molecule has 166 valence electrons. The highest BCUT2D eigenvalue weighted by molar-refractivity contribution is 7.79. The summed E-state index contributed by atoms with van der Waals surface area (Å²) in [5.41, 5.74) is 2.07. The molecule has 0 aliphatic rings. The van der Waals surface area contributed by atoms with Crippen molar-refractivity contribution in [2.75, 3.05) is 19.0 Å². The van der Waals surface area contributed by atoms with Crippen LogP contribution >= 0.6 is 0 Å². The van der Waals surface area contributed by atoms with E-state index in [2.05, 4.69) is 10.6 Å². The molecule has 1 amide bonds. The van der Waals surface area contributed by atoms with Gasteiger partial charge in [-0.05, 0) is 48.7 Å². The number of phenols is 1. The molecule has 6 N–H and O–H groups in total. The van der Waals surface area contributed by atoms with Gasteiger partial charge in [-0.3, -0.25) is 13.9 Å². The van der Waals surface area contributed by atoms with Crippen LogP contribution in [0.3, 0.4) is 0 Å². The number of aliphatic hydroxyl groups excluding tert-OH is 1. The highest BCUT2D eigenvalue weighted by Gasteiger charge is 2.12. The number of carbonyl (C=O) groups excluding carboxylic acids is 1. The Morgan fingerprint density at radius 2 is 1.73 bits per heavy atom. The quantitative estimate of drug-likeness (QED) is 0.192. The molecule has 0 saturated carbocycles. The first kappa shape index (κ1) is 25.3. The van der Waals surface area contributed by atoms with Crippen molar-refractivity contribution in [2.24, 2.45) is 0 Å². The highest BCUT2D eigenvalue weighted by Crippen LogP contribution is 2.26. The number of hydrogen-bond donors (Lipinski definition) is 6. The van der Waals surface area contributed by atoms with E-state index in [4.69, 9.17) is 22.3 Å². The van der Waals surface area contributed by atoms with Gasteiger partial charge in [0.25, 0.3) is 0 Å². The molecule has 0 bridgehead atoms. The number of nitrogens with one attached hydrogen (secondary N) is 2. The average molecular weight is 442 g/mol. The summed E-state index contributed by atoms with van der Waals surface area (Å²) in [5.74, 6) is 0.788. The van der Waals surface area contributed by atoms with Crippen LogP contribution in [0.2, 0.25) is 0 Å². The number of benzene rings is 2. The lowest BCUT2D eigenvalue weighted by molar-refractivity contribution is -0.105. The van der Waals surface area contributed by atoms with Crippen molar-refractivity contribution in [3.8, 4) is 11.5 Å². The fourth-order valence-electron chi connectivity index (χ4n) is 2.56. The van der Waals surface area contributed by atoms with E-state index in [1.54, 1.807) is 19.2 Å². The summed E-state index contributed by atoms with van der Waals surface area (Å²) in [6, 6.07) is 12.7. The topological polar surface area (TPSA) is 165 Å². The number of hydrogen-bond acceptors (Lipinski definition) is 7. The number of methoxy groups -OCH3 is 1. The number of anilines is 1. The molecule has 0 aliphatic heterocycles. The van der Waals surface area contributed by atoms with E-state index >= 15 is 0 Å². The zero-order valence-corrected chi connectivity index (χ0v) is 17.3. The van der Waals surface area contributed by atoms with Crippen LogP contribution in [-0.2, 0) is 21.6 Å². The maximum absolute atomic E-state index is 10.5. The van der Waals surface area contributed by atoms with Crippen LogP contribution < -0.4 is 15.4 Å². The summed E-state index contributed by atoms with van der Waals surface area (Å²) in [6.45, 7) is 2.41. The lowest BCUT2D eigenvalue weighted by Gasteiger charge is -2.18. The SMILES string of the molecule is COc1ccc(C[C@@H](C)NC[C@H](O)c2ccc(O)c(NC=O)c2)cc1.O=S(=O)(O)O. The van der Waals surface area contributed by atoms with Crippen molar-refractivity contribution >= 4 is 22.5 Å². The summed E-state index contributed by atoms with van der Waals surface area (Å²) in [5, 5.41) is 25.6. The fraction of sp³-hybridized carbons (Fsp3) is 0.316. The number of aromatic hydroxyl groups is 1. The standard InChI is InChI=1S/C19H24N2O4.H2O4S/c1-13(9-14-3-6-16(25-2)7-4-14)20-11-19(24)15-5-8-18(23)17(10-15)21-12-22;1-5(2,3)4/h3-8,10,12-13,19-20,23-24H,9,11H2,1-2H3,(H,21,22);(H2,1,2,3,4)/t13-,19+;/m1./s1. The Kier molecular flexibility index (Phi) is 10.2. The van der Waals surface area contributed by atoms with Crippen LogP contribution in [0.5, 0.6) is 11.5 Å². The number of ether oxygens (including phenoxy) is 1. The molecule has 11 heteroatoms. The molecule has 30 heavy (non-hydrogen) atoms. The number of phenolic OH excluding ortho intramolecular Hbond substituents is 1. The zero-order chi connectivity index (χ0) is 22.7. The summed E-state index contributed by atoms with van der Waals surface area (Å²) in [4.78, 5) is 10.5. The average Bonchev–Trinajstić information content (AvgIpc) is 2.67. The number of carbonyl (C=O) groups is 1. The van der Waals surface area contributed by atoms with Crippen molar-refractivity contribution in [3.05, 3.63) is 53.6 Å². The van der Waals surface area contributed by atoms with E-state index in [9.17, 15) is 15.0 Å². The molecule has 0 heterocycles. The van der Waals surface area contributed by atoms with E-state index in [-0.39, 0.29) is 17.5 Å². The largest absolute Gasteiger partial charge is 0.506 e. The Balaban J connectivity index is 0.000000804. The van der Waals surface area contributed by atoms with Gasteiger partial charge in [-0.1, -0.05) is 18.2 Å². The summed E-state index contributed by atoms with van der Waals surface area (Å²) >= 11 is 0. The van der Waals surface area contributed by atoms with Crippen molar-refractivity contribution < 1.29 is 37.3 Å². The maximum atomic E-state index is 10.5. The van der Waals surface area contributed by atoms with Gasteiger partial charge in [-0.2, -0.15) is 8.42 Å². The van der Waals surface area contributed by atoms with E-state index in [0.29, 0.717) is 18.5 Å². The lowest BCUT2D eigenvalue weighted by atomic mass is 10.1. The third kappa shape index (κ3) is 10.2. The Bertz CT molecular complexity index is 895. The molecule has 0 unspecified atom stereocenters. The lowest BCUT2D eigenvalue weighted by Crippen LogP contribution is -2.32. The second-order valence-electron chi connectivity index (χ2n) is 6.36. The minimum Gasteiger partial charge on any atom is -0.506 e. The molecule has 2 atom stereocenters. The predicted octanol–water partition coefficient (Wildman–Crippen LogP) is 1.57. The van der Waals surface area contributed by atoms with Crippen LogP contribution in [0.25, 0.3) is 0 Å². The molecule has 2 rings (SSSR count). The molecule has 0 aromatic heterocycles. The molecule has 10 nitrogen and oxygen atoms in total. The number of aliphatic hydroxyl groups is 1. The maximum Gasteiger partial charge on any atom is 0.394 e. The van der Waals surface area contributed by atoms with Gasteiger partial charge in [0.1, 0.15) is 11.5 Å². The smallest absolute Gasteiger partial charge is 0.394 e. The second kappa shape index (κ2) is 12.1. The van der Waals surface area contributed by atoms with E-state index in [1.807, 2.05) is 31.2 Å². The van der Waals surface area contributed by atoms with Crippen LogP contribution in [0, 0.1) is 0 Å². The van der Waals surface area contributed by atoms with Crippen LogP contribution in [0.4, 0.5) is 5.69 Å². The van der Waals surface area contributed by atoms with Gasteiger partial charge in [0.2, 0.25) is 6.41 Å². The third-order valence-corrected chi connectivity index (χ3v) is 3.98. The summed E-state index contributed by atoms with van der Waals surface area (Å²) < 4.78 is 36.7. The molecule has 2 aromatic carbocycles. The fourth-order valence-corrected chi connectivity index (χ4v) is 2.56. The first-order valence-corrected chi connectivity index (χ1v) is 10.2. The molecule has 2 aromatic rings. The van der Waals surface area contributed by atoms with E-state index in [0.717, 1.165) is 12.2 Å². The van der Waals surface area contributed by atoms with Crippen molar-refractivity contribution in [1.29, 1.82) is 0 Å². The van der Waals surface area contributed by atoms with Gasteiger partial charge in [0, 0.05) is 12.6 Å². The summed E-state index contributed by atoms with van der Waals surface area (Å²) in [6.07, 6.45) is 0.566. The summed E-state index contributed by atoms with van der Waals surface area (Å²) in [7, 11) is -3.03. The van der Waals surface area contributed by atoms with Crippen molar-refractivity contribution in [1.82, 2.24) is 5.32 Å². The van der Waals surface area contributed by atoms with E-state index < -0.39 is 16.5 Å². The molecule has 0 fully saturated rings. The molecule has 0 saturated heterocycles. The van der Waals surface area contributed by atoms with Gasteiger partial charge in [0.15, 0.2) is 0 Å². The monoisotopic (exact) mass is 442 g/mol. The van der Waals surface area contributed by atoms with Crippen LogP contribution in [0.1, 0.15) is 24.2 Å². The Morgan fingerprint density at radius 3 is 2.27 bits per heavy atom. The van der Waals surface area contributed by atoms with Gasteiger partial charge < -0.3 is 25.6 Å². The van der Waals surface area contributed by atoms with Gasteiger partial charge in [-0.25, -0.2) is 0 Å². The zero-order valence-electron chi connectivity index (χ0n) is 16.5. The number of amides is 1. The van der Waals surface area contributed by atoms with Gasteiger partial charge in [0.05, 0.1) is 18.9 Å². The molecule has 0 spiro atoms. The Morgan fingerprint density at radius 1 is 1.13 bits per heavy atom. The second-order valence-corrected chi connectivity index (χ2v) is 7.26. The number of rotatable bonds is 9. The molecule has 0 aliphatic carbocycles. The first-order chi connectivity index (χ1) is 14.0. The highest BCUT2D eigenvalue weighted by atomic mass is 32.3. The third-order valence-electron chi connectivity index (χ3n) is 3.98. The molecule has 0 radical (unpaired) electrons. The van der Waals surface area contributed by atoms with Gasteiger partial charge >= 0.3 is 10.4 Å². The molecular formula is C19H26N2O8S. The van der Waals surface area contributed by atoms with Crippen molar-refractivity contribution in [2.45, 2.75) is 25.5 Å². The predicted molar refractivity (Wildman–Crippen MR) is 111 cm³/mol. The van der Waals surface area contributed by atoms with Gasteiger partial charge in [-0.15, -0.1) is 0 Å². The minimum atomic E-state index is -4.67. The van der Waals surface area contributed by atoms with E-state index in [1.165, 1.54) is 11.6 Å². The Labute approximate surface area is 175 Å². The van der Waals surface area contributed by atoms with Crippen LogP contribution in [0.15, 0.2) is 42.5 Å². The Hall–Kier alpha value is -2.70. The minimum absolute atomic E-state index is 0.0381. The normalized spacial score (nSPS) is 12.8.